The maximum absolute atomic E-state index is 13.5. The molecule has 2 N–H and O–H groups in total. The molecule has 5 nitrogen and oxygen atoms in total. The van der Waals surface area contributed by atoms with Crippen LogP contribution in [0.1, 0.15) is 26.3 Å². The Labute approximate surface area is 203 Å². The van der Waals surface area contributed by atoms with Crippen LogP contribution in [0.5, 0.6) is 0 Å². The van der Waals surface area contributed by atoms with Gasteiger partial charge in [0, 0.05) is 17.5 Å². The van der Waals surface area contributed by atoms with Gasteiger partial charge in [-0.3, -0.25) is 9.59 Å². The van der Waals surface area contributed by atoms with Gasteiger partial charge in [0.2, 0.25) is 0 Å². The first-order chi connectivity index (χ1) is 17.2. The van der Waals surface area contributed by atoms with Crippen molar-refractivity contribution in [1.29, 1.82) is 0 Å². The van der Waals surface area contributed by atoms with E-state index in [1.165, 1.54) is 0 Å². The van der Waals surface area contributed by atoms with Crippen LogP contribution in [0.4, 0.5) is 5.69 Å². The summed E-state index contributed by atoms with van der Waals surface area (Å²) in [6.45, 7) is 0.400. The van der Waals surface area contributed by atoms with Crippen LogP contribution in [0.15, 0.2) is 115 Å². The first-order valence-corrected chi connectivity index (χ1v) is 11.4. The fraction of sp³-hybridized carbons (Fsp3) is 0.0333. The summed E-state index contributed by atoms with van der Waals surface area (Å²) in [5.74, 6) is -0.557. The lowest BCUT2D eigenvalue weighted by molar-refractivity contribution is 0.0952. The molecule has 0 fully saturated rings. The number of hydrogen-bond donors (Lipinski definition) is 2. The van der Waals surface area contributed by atoms with Crippen molar-refractivity contribution in [3.05, 3.63) is 132 Å². The molecule has 0 aliphatic carbocycles. The molecule has 5 aromatic rings. The maximum atomic E-state index is 13.5. The van der Waals surface area contributed by atoms with Gasteiger partial charge < -0.3 is 10.6 Å². The molecule has 0 saturated heterocycles. The second kappa shape index (κ2) is 10.0. The lowest BCUT2D eigenvalue weighted by Crippen LogP contribution is -2.25. The second-order valence-corrected chi connectivity index (χ2v) is 8.11. The molecule has 0 aliphatic rings. The number of benzene rings is 4. The molecule has 4 aromatic carbocycles. The highest BCUT2D eigenvalue weighted by molar-refractivity contribution is 6.15. The van der Waals surface area contributed by atoms with Crippen LogP contribution in [0.25, 0.3) is 22.2 Å². The molecule has 0 bridgehead atoms. The summed E-state index contributed by atoms with van der Waals surface area (Å²) < 4.78 is 0. The number of nitrogens with one attached hydrogen (secondary N) is 2. The van der Waals surface area contributed by atoms with E-state index in [0.29, 0.717) is 29.1 Å². The van der Waals surface area contributed by atoms with Crippen molar-refractivity contribution in [2.45, 2.75) is 6.54 Å². The van der Waals surface area contributed by atoms with Crippen LogP contribution in [0, 0.1) is 0 Å². The maximum Gasteiger partial charge on any atom is 0.256 e. The minimum Gasteiger partial charge on any atom is -0.348 e. The molecule has 0 unspecified atom stereocenters. The predicted molar refractivity (Wildman–Crippen MR) is 139 cm³/mol. The van der Waals surface area contributed by atoms with Crippen molar-refractivity contribution in [3.63, 3.8) is 0 Å². The first-order valence-electron chi connectivity index (χ1n) is 11.4. The van der Waals surface area contributed by atoms with Crippen molar-refractivity contribution in [3.8, 4) is 11.3 Å². The summed E-state index contributed by atoms with van der Waals surface area (Å²) in [6.07, 6.45) is 0. The summed E-state index contributed by atoms with van der Waals surface area (Å²) in [7, 11) is 0. The SMILES string of the molecule is O=C(NCc1ccccc1)c1ccccc1NC(=O)c1cc(-c2ccccc2)nc2ccccc12. The zero-order valence-electron chi connectivity index (χ0n) is 18.9. The van der Waals surface area contributed by atoms with E-state index in [1.54, 1.807) is 30.3 Å². The number of pyridine rings is 1. The molecule has 5 rings (SSSR count). The van der Waals surface area contributed by atoms with Gasteiger partial charge in [0.1, 0.15) is 0 Å². The average molecular weight is 458 g/mol. The summed E-state index contributed by atoms with van der Waals surface area (Å²) in [6, 6.07) is 35.8. The molecule has 0 saturated carbocycles. The molecule has 170 valence electrons. The number of fused-ring (bicyclic) bond motifs is 1. The van der Waals surface area contributed by atoms with Crippen molar-refractivity contribution in [2.75, 3.05) is 5.32 Å². The highest BCUT2D eigenvalue weighted by Gasteiger charge is 2.17. The molecular weight excluding hydrogens is 434 g/mol. The topological polar surface area (TPSA) is 71.1 Å². The van der Waals surface area contributed by atoms with Crippen LogP contribution in [0.3, 0.4) is 0 Å². The Hall–Kier alpha value is -4.77. The third kappa shape index (κ3) is 4.94. The first kappa shape index (κ1) is 22.0. The normalized spacial score (nSPS) is 10.6. The number of nitrogens with zero attached hydrogens (tertiary/aromatic N) is 1. The average Bonchev–Trinajstić information content (AvgIpc) is 2.92. The van der Waals surface area contributed by atoms with E-state index in [2.05, 4.69) is 10.6 Å². The zero-order valence-corrected chi connectivity index (χ0v) is 18.9. The van der Waals surface area contributed by atoms with E-state index in [4.69, 9.17) is 4.98 Å². The third-order valence-corrected chi connectivity index (χ3v) is 5.75. The molecule has 5 heteroatoms. The van der Waals surface area contributed by atoms with E-state index < -0.39 is 0 Å². The number of anilines is 1. The predicted octanol–water partition coefficient (Wildman–Crippen LogP) is 6.08. The minimum atomic E-state index is -0.302. The van der Waals surface area contributed by atoms with Gasteiger partial charge in [-0.15, -0.1) is 0 Å². The number of carbonyl (C=O) groups is 2. The van der Waals surface area contributed by atoms with E-state index >= 15 is 0 Å². The standard InChI is InChI=1S/C30H23N3O2/c34-29(31-20-21-11-3-1-4-12-21)24-16-8-10-18-27(24)33-30(35)25-19-28(22-13-5-2-6-14-22)32-26-17-9-7-15-23(25)26/h1-19H,20H2,(H,31,34)(H,33,35). The van der Waals surface area contributed by atoms with Crippen LogP contribution in [-0.4, -0.2) is 16.8 Å². The molecule has 1 aromatic heterocycles. The number of amides is 2. The molecular formula is C30H23N3O2. The fourth-order valence-corrected chi connectivity index (χ4v) is 3.97. The van der Waals surface area contributed by atoms with Gasteiger partial charge in [-0.1, -0.05) is 91.0 Å². The number of rotatable bonds is 6. The van der Waals surface area contributed by atoms with Crippen molar-refractivity contribution in [1.82, 2.24) is 10.3 Å². The highest BCUT2D eigenvalue weighted by atomic mass is 16.2. The fourth-order valence-electron chi connectivity index (χ4n) is 3.97. The van der Waals surface area contributed by atoms with Crippen LogP contribution in [0.2, 0.25) is 0 Å². The summed E-state index contributed by atoms with van der Waals surface area (Å²) in [4.78, 5) is 31.2. The van der Waals surface area contributed by atoms with Gasteiger partial charge in [-0.2, -0.15) is 0 Å². The second-order valence-electron chi connectivity index (χ2n) is 8.11. The Kier molecular flexibility index (Phi) is 6.31. The monoisotopic (exact) mass is 457 g/mol. The Morgan fingerprint density at radius 2 is 1.31 bits per heavy atom. The van der Waals surface area contributed by atoms with Gasteiger partial charge in [0.25, 0.3) is 11.8 Å². The number of carbonyl (C=O) groups excluding carboxylic acids is 2. The molecule has 0 radical (unpaired) electrons. The van der Waals surface area contributed by atoms with Gasteiger partial charge >= 0.3 is 0 Å². The molecule has 2 amide bonds. The highest BCUT2D eigenvalue weighted by Crippen LogP contribution is 2.26. The van der Waals surface area contributed by atoms with E-state index in [-0.39, 0.29) is 11.8 Å². The van der Waals surface area contributed by atoms with E-state index in [9.17, 15) is 9.59 Å². The molecule has 1 heterocycles. The summed E-state index contributed by atoms with van der Waals surface area (Å²) >= 11 is 0. The zero-order chi connectivity index (χ0) is 24.0. The van der Waals surface area contributed by atoms with Crippen molar-refractivity contribution >= 4 is 28.4 Å². The Morgan fingerprint density at radius 3 is 2.11 bits per heavy atom. The minimum absolute atomic E-state index is 0.255. The Balaban J connectivity index is 1.44. The van der Waals surface area contributed by atoms with E-state index in [1.807, 2.05) is 84.9 Å². The van der Waals surface area contributed by atoms with Gasteiger partial charge in [0.05, 0.1) is 28.0 Å². The van der Waals surface area contributed by atoms with Gasteiger partial charge in [-0.05, 0) is 29.8 Å². The smallest absolute Gasteiger partial charge is 0.256 e. The Morgan fingerprint density at radius 1 is 0.657 bits per heavy atom. The quantitative estimate of drug-likeness (QED) is 0.324. The van der Waals surface area contributed by atoms with Crippen LogP contribution < -0.4 is 10.6 Å². The third-order valence-electron chi connectivity index (χ3n) is 5.75. The van der Waals surface area contributed by atoms with E-state index in [0.717, 1.165) is 22.0 Å². The largest absolute Gasteiger partial charge is 0.348 e. The molecule has 0 atom stereocenters. The number of aromatic nitrogens is 1. The molecule has 0 aliphatic heterocycles. The summed E-state index contributed by atoms with van der Waals surface area (Å²) in [5.41, 5.74) is 4.71. The number of hydrogen-bond acceptors (Lipinski definition) is 3. The lowest BCUT2D eigenvalue weighted by atomic mass is 10.0. The van der Waals surface area contributed by atoms with Gasteiger partial charge in [0.15, 0.2) is 0 Å². The van der Waals surface area contributed by atoms with Crippen molar-refractivity contribution in [2.24, 2.45) is 0 Å². The van der Waals surface area contributed by atoms with Crippen molar-refractivity contribution < 1.29 is 9.59 Å². The Bertz CT molecular complexity index is 1500. The van der Waals surface area contributed by atoms with Crippen LogP contribution in [-0.2, 0) is 6.54 Å². The molecule has 0 spiro atoms. The number of para-hydroxylation sites is 2. The molecule has 35 heavy (non-hydrogen) atoms. The van der Waals surface area contributed by atoms with Crippen LogP contribution >= 0.6 is 0 Å². The summed E-state index contributed by atoms with van der Waals surface area (Å²) in [5, 5.41) is 6.62. The van der Waals surface area contributed by atoms with Gasteiger partial charge in [-0.25, -0.2) is 4.98 Å². The lowest BCUT2D eigenvalue weighted by Gasteiger charge is -2.13.